The normalized spacial score (nSPS) is 16.1. The predicted molar refractivity (Wildman–Crippen MR) is 145 cm³/mol. The average Bonchev–Trinajstić information content (AvgIpc) is 3.37. The van der Waals surface area contributed by atoms with Crippen molar-refractivity contribution in [2.24, 2.45) is 0 Å². The van der Waals surface area contributed by atoms with Gasteiger partial charge in [0, 0.05) is 18.4 Å². The Labute approximate surface area is 232 Å². The van der Waals surface area contributed by atoms with Gasteiger partial charge in [-0.1, -0.05) is 41.5 Å². The number of pyridine rings is 1. The number of nitrogens with zero attached hydrogens (tertiary/aromatic N) is 2. The molecule has 0 amide bonds. The molecule has 1 aliphatic rings. The lowest BCUT2D eigenvalue weighted by Crippen LogP contribution is -2.45. The number of carboxylic acids is 2. The number of benzene rings is 2. The molecule has 0 saturated carbocycles. The van der Waals surface area contributed by atoms with Crippen LogP contribution in [-0.4, -0.2) is 69.8 Å². The van der Waals surface area contributed by atoms with Crippen molar-refractivity contribution in [1.82, 2.24) is 9.88 Å². The lowest BCUT2D eigenvalue weighted by atomic mass is 10.1. The summed E-state index contributed by atoms with van der Waals surface area (Å²) in [6.07, 6.45) is 1.96. The Balaban J connectivity index is 0.000000302. The molecule has 0 aliphatic carbocycles. The van der Waals surface area contributed by atoms with E-state index in [1.54, 1.807) is 38.1 Å². The highest BCUT2D eigenvalue weighted by molar-refractivity contribution is 5.95. The van der Waals surface area contributed by atoms with Crippen LogP contribution in [0, 0.1) is 13.8 Å². The second-order valence-corrected chi connectivity index (χ2v) is 9.49. The molecule has 0 radical (unpaired) electrons. The third-order valence-corrected chi connectivity index (χ3v) is 6.39. The number of ether oxygens (including phenoxy) is 2. The van der Waals surface area contributed by atoms with Crippen molar-refractivity contribution in [2.75, 3.05) is 13.6 Å². The summed E-state index contributed by atoms with van der Waals surface area (Å²) in [5.74, 6) is -5.62. The van der Waals surface area contributed by atoms with E-state index in [9.17, 15) is 29.4 Å². The number of likely N-dealkylation sites (tertiary alicyclic amines) is 1. The van der Waals surface area contributed by atoms with E-state index in [4.69, 9.17) is 9.47 Å². The summed E-state index contributed by atoms with van der Waals surface area (Å²) < 4.78 is 9.64. The molecule has 0 unspecified atom stereocenters. The Morgan fingerprint density at radius 2 is 1.30 bits per heavy atom. The second-order valence-electron chi connectivity index (χ2n) is 9.49. The van der Waals surface area contributed by atoms with Gasteiger partial charge in [-0.15, -0.1) is 0 Å². The van der Waals surface area contributed by atoms with Crippen LogP contribution in [0.4, 0.5) is 0 Å². The number of aromatic nitrogens is 1. The average molecular weight is 549 g/mol. The number of rotatable bonds is 8. The molecular weight excluding hydrogens is 516 g/mol. The second kappa shape index (κ2) is 14.0. The van der Waals surface area contributed by atoms with Gasteiger partial charge in [0.25, 0.3) is 0 Å². The Hall–Kier alpha value is -4.57. The fourth-order valence-electron chi connectivity index (χ4n) is 4.13. The number of aliphatic carboxylic acids is 2. The molecule has 0 spiro atoms. The molecule has 10 heteroatoms. The minimum atomic E-state index is -2.22. The summed E-state index contributed by atoms with van der Waals surface area (Å²) >= 11 is 0. The topological polar surface area (TPSA) is 143 Å². The quantitative estimate of drug-likeness (QED) is 0.395. The summed E-state index contributed by atoms with van der Waals surface area (Å²) in [5.41, 5.74) is 3.15. The summed E-state index contributed by atoms with van der Waals surface area (Å²) in [6.45, 7) is 4.81. The minimum Gasteiger partial charge on any atom is -0.478 e. The van der Waals surface area contributed by atoms with E-state index in [1.165, 1.54) is 49.2 Å². The SMILES string of the molecule is CN1CCC[C@H]1c1cccnc1.Cc1ccc(C(=O)O[C@@H](C(=O)O)[C@@H](OC(=O)c2ccc(C)cc2)C(=O)O)cc1. The summed E-state index contributed by atoms with van der Waals surface area (Å²) in [7, 11) is 2.19. The van der Waals surface area contributed by atoms with Crippen LogP contribution >= 0.6 is 0 Å². The zero-order valence-electron chi connectivity index (χ0n) is 22.5. The van der Waals surface area contributed by atoms with E-state index in [0.29, 0.717) is 6.04 Å². The molecule has 2 N–H and O–H groups in total. The molecule has 1 aromatic heterocycles. The van der Waals surface area contributed by atoms with Gasteiger partial charge in [-0.05, 0) is 76.2 Å². The molecule has 3 aromatic rings. The lowest BCUT2D eigenvalue weighted by molar-refractivity contribution is -0.166. The van der Waals surface area contributed by atoms with Crippen molar-refractivity contribution >= 4 is 23.9 Å². The van der Waals surface area contributed by atoms with Gasteiger partial charge in [0.1, 0.15) is 0 Å². The Kier molecular flexibility index (Phi) is 10.5. The fraction of sp³-hybridized carbons (Fsp3) is 0.300. The van der Waals surface area contributed by atoms with Crippen LogP contribution in [0.25, 0.3) is 0 Å². The van der Waals surface area contributed by atoms with E-state index in [2.05, 4.69) is 23.0 Å². The summed E-state index contributed by atoms with van der Waals surface area (Å²) in [5, 5.41) is 18.6. The van der Waals surface area contributed by atoms with Gasteiger partial charge in [-0.3, -0.25) is 9.88 Å². The van der Waals surface area contributed by atoms with Gasteiger partial charge in [-0.25, -0.2) is 19.2 Å². The third-order valence-electron chi connectivity index (χ3n) is 6.39. The molecule has 40 heavy (non-hydrogen) atoms. The number of carboxylic acid groups (broad SMARTS) is 2. The minimum absolute atomic E-state index is 0.0332. The molecule has 2 heterocycles. The molecule has 1 saturated heterocycles. The molecule has 1 fully saturated rings. The first-order chi connectivity index (χ1) is 19.1. The highest BCUT2D eigenvalue weighted by atomic mass is 16.6. The number of aryl methyl sites for hydroxylation is 2. The predicted octanol–water partition coefficient (Wildman–Crippen LogP) is 4.07. The fourth-order valence-corrected chi connectivity index (χ4v) is 4.13. The Morgan fingerprint density at radius 1 is 0.825 bits per heavy atom. The number of esters is 2. The maximum Gasteiger partial charge on any atom is 0.349 e. The van der Waals surface area contributed by atoms with Gasteiger partial charge in [0.05, 0.1) is 11.1 Å². The van der Waals surface area contributed by atoms with Crippen molar-refractivity contribution in [2.45, 2.75) is 44.9 Å². The zero-order valence-corrected chi connectivity index (χ0v) is 22.5. The first-order valence-electron chi connectivity index (χ1n) is 12.7. The van der Waals surface area contributed by atoms with Gasteiger partial charge in [0.2, 0.25) is 12.2 Å². The standard InChI is InChI=1S/C20H18O8.C10H14N2/c1-11-3-7-13(8-4-11)19(25)27-15(17(21)22)16(18(23)24)28-20(26)14-9-5-12(2)6-10-14;1-12-7-3-5-10(12)9-4-2-6-11-8-9/h3-10,15-16H,1-2H3,(H,21,22)(H,23,24);2,4,6,8,10H,3,5,7H2,1H3/t15-,16-;10-/m10/s1. The van der Waals surface area contributed by atoms with Crippen LogP contribution in [0.15, 0.2) is 73.1 Å². The molecule has 0 bridgehead atoms. The van der Waals surface area contributed by atoms with E-state index in [1.807, 2.05) is 18.5 Å². The van der Waals surface area contributed by atoms with E-state index in [0.717, 1.165) is 11.1 Å². The van der Waals surface area contributed by atoms with Crippen LogP contribution < -0.4 is 0 Å². The lowest BCUT2D eigenvalue weighted by Gasteiger charge is -2.21. The third kappa shape index (κ3) is 8.21. The molecule has 210 valence electrons. The van der Waals surface area contributed by atoms with E-state index in [-0.39, 0.29) is 11.1 Å². The van der Waals surface area contributed by atoms with Crippen molar-refractivity contribution in [1.29, 1.82) is 0 Å². The van der Waals surface area contributed by atoms with E-state index >= 15 is 0 Å². The highest BCUT2D eigenvalue weighted by Gasteiger charge is 2.41. The maximum atomic E-state index is 12.2. The van der Waals surface area contributed by atoms with Crippen molar-refractivity contribution in [3.8, 4) is 0 Å². The van der Waals surface area contributed by atoms with E-state index < -0.39 is 36.1 Å². The number of carbonyl (C=O) groups is 4. The highest BCUT2D eigenvalue weighted by Crippen LogP contribution is 2.29. The van der Waals surface area contributed by atoms with Crippen LogP contribution in [0.3, 0.4) is 0 Å². The van der Waals surface area contributed by atoms with Gasteiger partial charge in [0.15, 0.2) is 0 Å². The van der Waals surface area contributed by atoms with Gasteiger partial charge in [-0.2, -0.15) is 0 Å². The molecular formula is C30H32N2O8. The van der Waals surface area contributed by atoms with Crippen LogP contribution in [0.1, 0.15) is 56.3 Å². The van der Waals surface area contributed by atoms with Crippen molar-refractivity contribution < 1.29 is 38.9 Å². The maximum absolute atomic E-state index is 12.2. The van der Waals surface area contributed by atoms with Crippen LogP contribution in [0.5, 0.6) is 0 Å². The number of hydrogen-bond donors (Lipinski definition) is 2. The van der Waals surface area contributed by atoms with Crippen molar-refractivity contribution in [3.63, 3.8) is 0 Å². The van der Waals surface area contributed by atoms with Gasteiger partial charge < -0.3 is 19.7 Å². The monoisotopic (exact) mass is 548 g/mol. The molecule has 3 atom stereocenters. The number of hydrogen-bond acceptors (Lipinski definition) is 8. The first-order valence-corrected chi connectivity index (χ1v) is 12.7. The number of carbonyl (C=O) groups excluding carboxylic acids is 2. The molecule has 10 nitrogen and oxygen atoms in total. The largest absolute Gasteiger partial charge is 0.478 e. The Bertz CT molecular complexity index is 1230. The summed E-state index contributed by atoms with van der Waals surface area (Å²) in [6, 6.07) is 16.9. The smallest absolute Gasteiger partial charge is 0.349 e. The zero-order chi connectivity index (χ0) is 29.2. The molecule has 2 aromatic carbocycles. The molecule has 1 aliphatic heterocycles. The molecule has 4 rings (SSSR count). The first kappa shape index (κ1) is 30.0. The van der Waals surface area contributed by atoms with Crippen LogP contribution in [0.2, 0.25) is 0 Å². The van der Waals surface area contributed by atoms with Gasteiger partial charge >= 0.3 is 23.9 Å². The summed E-state index contributed by atoms with van der Waals surface area (Å²) in [4.78, 5) is 53.9. The Morgan fingerprint density at radius 3 is 1.65 bits per heavy atom. The van der Waals surface area contributed by atoms with Crippen molar-refractivity contribution in [3.05, 3.63) is 101 Å². The van der Waals surface area contributed by atoms with Crippen LogP contribution in [-0.2, 0) is 19.1 Å².